The molecular weight excluding hydrogens is 514 g/mol. The van der Waals surface area contributed by atoms with Crippen molar-refractivity contribution >= 4 is 5.91 Å². The predicted octanol–water partition coefficient (Wildman–Crippen LogP) is 6.12. The van der Waals surface area contributed by atoms with Crippen LogP contribution in [-0.4, -0.2) is 55.4 Å². The Bertz CT molecular complexity index is 1290. The molecule has 2 aliphatic rings. The molecule has 41 heavy (non-hydrogen) atoms. The van der Waals surface area contributed by atoms with E-state index in [1.165, 1.54) is 18.4 Å². The maximum Gasteiger partial charge on any atom is 0.248 e. The first-order chi connectivity index (χ1) is 19.8. The van der Waals surface area contributed by atoms with Gasteiger partial charge in [0.15, 0.2) is 11.5 Å². The lowest BCUT2D eigenvalue weighted by Gasteiger charge is -2.34. The molecule has 3 atom stereocenters. The molecule has 1 amide bonds. The third kappa shape index (κ3) is 6.29. The van der Waals surface area contributed by atoms with E-state index >= 15 is 0 Å². The fourth-order valence-corrected chi connectivity index (χ4v) is 6.63. The SMILES string of the molecule is COc1ccc([C@@H]2CN(C(=O)COCc3ccccc3)C[C@@]2(C)[C@@H](C)O)cc1OCC1(c2ccccc2)CCCC1. The van der Waals surface area contributed by atoms with Gasteiger partial charge < -0.3 is 24.2 Å². The van der Waals surface area contributed by atoms with Gasteiger partial charge in [-0.2, -0.15) is 0 Å². The van der Waals surface area contributed by atoms with E-state index in [0.29, 0.717) is 37.8 Å². The second kappa shape index (κ2) is 12.7. The van der Waals surface area contributed by atoms with Crippen LogP contribution in [0.3, 0.4) is 0 Å². The Morgan fingerprint density at radius 2 is 1.68 bits per heavy atom. The molecule has 0 unspecified atom stereocenters. The van der Waals surface area contributed by atoms with E-state index in [1.807, 2.05) is 54.3 Å². The van der Waals surface area contributed by atoms with Gasteiger partial charge in [-0.15, -0.1) is 0 Å². The van der Waals surface area contributed by atoms with Crippen molar-refractivity contribution in [2.45, 2.75) is 63.6 Å². The number of ether oxygens (including phenoxy) is 3. The predicted molar refractivity (Wildman–Crippen MR) is 160 cm³/mol. The number of benzene rings is 3. The largest absolute Gasteiger partial charge is 0.493 e. The summed E-state index contributed by atoms with van der Waals surface area (Å²) in [5, 5.41) is 10.9. The standard InChI is InChI=1S/C35H43NO5/c1-26(37)34(2)24-36(33(38)23-40-22-27-12-6-4-7-13-27)21-30(34)28-16-17-31(39-3)32(20-28)41-25-35(18-10-11-19-35)29-14-8-5-9-15-29/h4-9,12-17,20,26,30,37H,10-11,18-19,21-25H2,1-3H3/t26-,30+,34+/m1/s1. The summed E-state index contributed by atoms with van der Waals surface area (Å²) in [5.41, 5.74) is 2.87. The zero-order valence-corrected chi connectivity index (χ0v) is 24.6. The number of hydrogen-bond acceptors (Lipinski definition) is 5. The van der Waals surface area contributed by atoms with Crippen molar-refractivity contribution in [2.24, 2.45) is 5.41 Å². The summed E-state index contributed by atoms with van der Waals surface area (Å²) in [4.78, 5) is 15.0. The van der Waals surface area contributed by atoms with Crippen molar-refractivity contribution in [2.75, 3.05) is 33.4 Å². The molecule has 0 bridgehead atoms. The average molecular weight is 558 g/mol. The minimum Gasteiger partial charge on any atom is -0.493 e. The van der Waals surface area contributed by atoms with Gasteiger partial charge >= 0.3 is 0 Å². The van der Waals surface area contributed by atoms with Crippen molar-refractivity contribution in [1.29, 1.82) is 0 Å². The maximum absolute atomic E-state index is 13.2. The highest BCUT2D eigenvalue weighted by Crippen LogP contribution is 2.47. The molecule has 2 fully saturated rings. The van der Waals surface area contributed by atoms with Crippen molar-refractivity contribution in [3.63, 3.8) is 0 Å². The van der Waals surface area contributed by atoms with Crippen LogP contribution in [0.25, 0.3) is 0 Å². The van der Waals surface area contributed by atoms with Crippen molar-refractivity contribution in [3.05, 3.63) is 95.6 Å². The lowest BCUT2D eigenvalue weighted by atomic mass is 9.72. The molecule has 6 heteroatoms. The first-order valence-corrected chi connectivity index (χ1v) is 14.8. The van der Waals surface area contributed by atoms with Crippen LogP contribution in [0.15, 0.2) is 78.9 Å². The van der Waals surface area contributed by atoms with E-state index in [0.717, 1.165) is 24.0 Å². The molecule has 0 radical (unpaired) electrons. The van der Waals surface area contributed by atoms with Gasteiger partial charge in [0, 0.05) is 29.8 Å². The summed E-state index contributed by atoms with van der Waals surface area (Å²) < 4.78 is 18.0. The number of rotatable bonds is 11. The number of aliphatic hydroxyl groups excluding tert-OH is 1. The summed E-state index contributed by atoms with van der Waals surface area (Å²) in [6, 6.07) is 26.6. The van der Waals surface area contributed by atoms with Gasteiger partial charge in [-0.05, 0) is 48.6 Å². The number of aliphatic hydroxyl groups is 1. The van der Waals surface area contributed by atoms with Gasteiger partial charge in [-0.1, -0.05) is 86.5 Å². The molecule has 1 aliphatic heterocycles. The minimum atomic E-state index is -0.609. The fourth-order valence-electron chi connectivity index (χ4n) is 6.63. The Balaban J connectivity index is 1.32. The maximum atomic E-state index is 13.2. The summed E-state index contributed by atoms with van der Waals surface area (Å²) >= 11 is 0. The topological polar surface area (TPSA) is 68.2 Å². The number of nitrogens with zero attached hydrogens (tertiary/aromatic N) is 1. The van der Waals surface area contributed by atoms with Crippen LogP contribution < -0.4 is 9.47 Å². The highest BCUT2D eigenvalue weighted by Gasteiger charge is 2.48. The molecular formula is C35H43NO5. The summed E-state index contributed by atoms with van der Waals surface area (Å²) in [5.74, 6) is 1.26. The van der Waals surface area contributed by atoms with Crippen molar-refractivity contribution in [3.8, 4) is 11.5 Å². The molecule has 1 saturated heterocycles. The van der Waals surface area contributed by atoms with E-state index in [2.05, 4.69) is 43.3 Å². The number of amides is 1. The van der Waals surface area contributed by atoms with Crippen LogP contribution in [0.4, 0.5) is 0 Å². The molecule has 3 aromatic rings. The average Bonchev–Trinajstić information content (AvgIpc) is 3.63. The number of carbonyl (C=O) groups excluding carboxylic acids is 1. The molecule has 5 rings (SSSR count). The van der Waals surface area contributed by atoms with Gasteiger partial charge in [-0.25, -0.2) is 0 Å². The second-order valence-corrected chi connectivity index (χ2v) is 12.0. The van der Waals surface area contributed by atoms with Crippen LogP contribution in [0.1, 0.15) is 62.1 Å². The Hall–Kier alpha value is -3.35. The Morgan fingerprint density at radius 1 is 1.00 bits per heavy atom. The number of methoxy groups -OCH3 is 1. The monoisotopic (exact) mass is 557 g/mol. The van der Waals surface area contributed by atoms with Crippen LogP contribution >= 0.6 is 0 Å². The third-order valence-electron chi connectivity index (χ3n) is 9.42. The van der Waals surface area contributed by atoms with E-state index < -0.39 is 11.5 Å². The van der Waals surface area contributed by atoms with Gasteiger partial charge in [0.2, 0.25) is 5.91 Å². The zero-order chi connectivity index (χ0) is 28.9. The van der Waals surface area contributed by atoms with Crippen LogP contribution in [-0.2, 0) is 21.6 Å². The molecule has 3 aromatic carbocycles. The Morgan fingerprint density at radius 3 is 2.34 bits per heavy atom. The molecule has 6 nitrogen and oxygen atoms in total. The molecule has 1 heterocycles. The molecule has 0 spiro atoms. The smallest absolute Gasteiger partial charge is 0.248 e. The molecule has 1 N–H and O–H groups in total. The zero-order valence-electron chi connectivity index (χ0n) is 24.6. The van der Waals surface area contributed by atoms with E-state index in [9.17, 15) is 9.90 Å². The Kier molecular flexibility index (Phi) is 9.00. The highest BCUT2D eigenvalue weighted by molar-refractivity contribution is 5.78. The van der Waals surface area contributed by atoms with E-state index in [4.69, 9.17) is 14.2 Å². The van der Waals surface area contributed by atoms with E-state index in [1.54, 1.807) is 7.11 Å². The van der Waals surface area contributed by atoms with Crippen LogP contribution in [0.2, 0.25) is 0 Å². The fraction of sp³-hybridized carbons (Fsp3) is 0.457. The third-order valence-corrected chi connectivity index (χ3v) is 9.42. The summed E-state index contributed by atoms with van der Waals surface area (Å²) in [6.45, 7) is 5.83. The number of hydrogen-bond donors (Lipinski definition) is 1. The van der Waals surface area contributed by atoms with Crippen molar-refractivity contribution in [1.82, 2.24) is 4.90 Å². The normalized spacial score (nSPS) is 22.4. The highest BCUT2D eigenvalue weighted by atomic mass is 16.5. The van der Waals surface area contributed by atoms with Gasteiger partial charge in [0.05, 0.1) is 26.4 Å². The lowest BCUT2D eigenvalue weighted by Crippen LogP contribution is -2.38. The molecule has 0 aromatic heterocycles. The van der Waals surface area contributed by atoms with Crippen LogP contribution in [0.5, 0.6) is 11.5 Å². The van der Waals surface area contributed by atoms with Gasteiger partial charge in [-0.3, -0.25) is 4.79 Å². The van der Waals surface area contributed by atoms with Gasteiger partial charge in [0.25, 0.3) is 0 Å². The number of carbonyl (C=O) groups is 1. The van der Waals surface area contributed by atoms with E-state index in [-0.39, 0.29) is 23.8 Å². The second-order valence-electron chi connectivity index (χ2n) is 12.0. The Labute approximate surface area is 244 Å². The summed E-state index contributed by atoms with van der Waals surface area (Å²) in [6.07, 6.45) is 3.99. The lowest BCUT2D eigenvalue weighted by molar-refractivity contribution is -0.136. The first-order valence-electron chi connectivity index (χ1n) is 14.8. The van der Waals surface area contributed by atoms with Crippen LogP contribution in [0, 0.1) is 5.41 Å². The molecule has 1 saturated carbocycles. The van der Waals surface area contributed by atoms with Gasteiger partial charge in [0.1, 0.15) is 6.61 Å². The quantitative estimate of drug-likeness (QED) is 0.308. The minimum absolute atomic E-state index is 0.00721. The summed E-state index contributed by atoms with van der Waals surface area (Å²) in [7, 11) is 1.66. The molecule has 1 aliphatic carbocycles. The molecule has 218 valence electrons. The first kappa shape index (κ1) is 29.2. The number of likely N-dealkylation sites (tertiary alicyclic amines) is 1. The van der Waals surface area contributed by atoms with Crippen molar-refractivity contribution < 1.29 is 24.1 Å².